The van der Waals surface area contributed by atoms with Gasteiger partial charge in [0.15, 0.2) is 0 Å². The van der Waals surface area contributed by atoms with Gasteiger partial charge in [0, 0.05) is 12.6 Å². The maximum Gasteiger partial charge on any atom is 0.341 e. The van der Waals surface area contributed by atoms with Gasteiger partial charge in [-0.05, 0) is 48.6 Å². The van der Waals surface area contributed by atoms with E-state index in [0.717, 1.165) is 33.5 Å². The van der Waals surface area contributed by atoms with Gasteiger partial charge in [-0.3, -0.25) is 4.68 Å². The Kier molecular flexibility index (Phi) is 5.26. The van der Waals surface area contributed by atoms with Crippen LogP contribution in [0.15, 0.2) is 36.5 Å². The molecule has 27 heavy (non-hydrogen) atoms. The maximum atomic E-state index is 12.1. The van der Waals surface area contributed by atoms with Crippen LogP contribution in [0.3, 0.4) is 0 Å². The van der Waals surface area contributed by atoms with Gasteiger partial charge in [0.2, 0.25) is 0 Å². The summed E-state index contributed by atoms with van der Waals surface area (Å²) in [5, 5.41) is 8.10. The Morgan fingerprint density at radius 2 is 1.81 bits per heavy atom. The molecule has 0 saturated carbocycles. The lowest BCUT2D eigenvalue weighted by Crippen LogP contribution is -2.08. The predicted octanol–water partition coefficient (Wildman–Crippen LogP) is 3.48. The molecule has 1 aromatic heterocycles. The summed E-state index contributed by atoms with van der Waals surface area (Å²) in [5.41, 5.74) is 6.59. The predicted molar refractivity (Wildman–Crippen MR) is 103 cm³/mol. The molecule has 0 radical (unpaired) electrons. The largest absolute Gasteiger partial charge is 0.496 e. The van der Waals surface area contributed by atoms with Crippen molar-refractivity contribution in [2.75, 3.05) is 14.2 Å². The van der Waals surface area contributed by atoms with Gasteiger partial charge in [-0.1, -0.05) is 29.5 Å². The van der Waals surface area contributed by atoms with Gasteiger partial charge < -0.3 is 9.47 Å². The smallest absolute Gasteiger partial charge is 0.341 e. The molecular formula is C21H23N3O3. The summed E-state index contributed by atoms with van der Waals surface area (Å²) in [5.74, 6) is 0.176. The lowest BCUT2D eigenvalue weighted by atomic mass is 9.93. The second-order valence-corrected chi connectivity index (χ2v) is 6.51. The minimum atomic E-state index is -0.394. The average Bonchev–Trinajstić information content (AvgIpc) is 3.11. The van der Waals surface area contributed by atoms with Crippen molar-refractivity contribution in [3.8, 4) is 17.0 Å². The first-order valence-corrected chi connectivity index (χ1v) is 8.65. The number of carbonyl (C=O) groups excluding carboxylic acids is 1. The summed E-state index contributed by atoms with van der Waals surface area (Å²) in [6, 6.07) is 10.1. The first-order chi connectivity index (χ1) is 12.9. The van der Waals surface area contributed by atoms with Gasteiger partial charge in [-0.15, -0.1) is 5.10 Å². The zero-order chi connectivity index (χ0) is 19.6. The summed E-state index contributed by atoms with van der Waals surface area (Å²) in [4.78, 5) is 12.1. The van der Waals surface area contributed by atoms with E-state index in [1.54, 1.807) is 11.8 Å². The fraction of sp³-hybridized carbons (Fsp3) is 0.286. The van der Waals surface area contributed by atoms with Gasteiger partial charge in [-0.2, -0.15) is 0 Å². The number of benzene rings is 2. The third kappa shape index (κ3) is 3.69. The van der Waals surface area contributed by atoms with Crippen LogP contribution in [0.1, 0.15) is 32.6 Å². The van der Waals surface area contributed by atoms with E-state index in [4.69, 9.17) is 9.47 Å². The Morgan fingerprint density at radius 1 is 1.11 bits per heavy atom. The lowest BCUT2D eigenvalue weighted by molar-refractivity contribution is 0.0596. The molecule has 0 aliphatic rings. The van der Waals surface area contributed by atoms with Crippen LogP contribution in [0.5, 0.6) is 5.75 Å². The molecule has 0 saturated heterocycles. The van der Waals surface area contributed by atoms with Crippen LogP contribution in [0, 0.1) is 13.8 Å². The fourth-order valence-corrected chi connectivity index (χ4v) is 3.16. The van der Waals surface area contributed by atoms with Gasteiger partial charge in [-0.25, -0.2) is 4.79 Å². The van der Waals surface area contributed by atoms with E-state index in [1.165, 1.54) is 7.11 Å². The Balaban J connectivity index is 1.93. The number of esters is 1. The monoisotopic (exact) mass is 365 g/mol. The van der Waals surface area contributed by atoms with Crippen molar-refractivity contribution in [2.24, 2.45) is 7.05 Å². The maximum absolute atomic E-state index is 12.1. The Morgan fingerprint density at radius 3 is 2.37 bits per heavy atom. The molecule has 140 valence electrons. The van der Waals surface area contributed by atoms with E-state index in [1.807, 2.05) is 45.3 Å². The second-order valence-electron chi connectivity index (χ2n) is 6.51. The van der Waals surface area contributed by atoms with E-state index >= 15 is 0 Å². The van der Waals surface area contributed by atoms with Crippen LogP contribution in [-0.4, -0.2) is 35.2 Å². The number of aryl methyl sites for hydroxylation is 1. The van der Waals surface area contributed by atoms with Gasteiger partial charge in [0.1, 0.15) is 17.0 Å². The van der Waals surface area contributed by atoms with Crippen molar-refractivity contribution in [3.63, 3.8) is 0 Å². The molecule has 3 rings (SSSR count). The molecule has 0 bridgehead atoms. The van der Waals surface area contributed by atoms with Crippen molar-refractivity contribution in [3.05, 3.63) is 64.3 Å². The molecule has 0 unspecified atom stereocenters. The quantitative estimate of drug-likeness (QED) is 0.648. The van der Waals surface area contributed by atoms with Gasteiger partial charge in [0.25, 0.3) is 0 Å². The lowest BCUT2D eigenvalue weighted by Gasteiger charge is -2.16. The number of nitrogens with zero attached hydrogens (tertiary/aromatic N) is 3. The Hall–Kier alpha value is -3.15. The van der Waals surface area contributed by atoms with Crippen LogP contribution in [0.4, 0.5) is 0 Å². The summed E-state index contributed by atoms with van der Waals surface area (Å²) < 4.78 is 12.0. The van der Waals surface area contributed by atoms with E-state index in [-0.39, 0.29) is 0 Å². The molecule has 0 fully saturated rings. The number of hydrogen-bond donors (Lipinski definition) is 0. The van der Waals surface area contributed by atoms with E-state index in [0.29, 0.717) is 17.7 Å². The van der Waals surface area contributed by atoms with Crippen molar-refractivity contribution in [1.29, 1.82) is 0 Å². The highest BCUT2D eigenvalue weighted by Crippen LogP contribution is 2.31. The molecule has 2 aromatic carbocycles. The molecule has 1 heterocycles. The van der Waals surface area contributed by atoms with Crippen molar-refractivity contribution in [1.82, 2.24) is 15.0 Å². The van der Waals surface area contributed by atoms with Crippen molar-refractivity contribution < 1.29 is 14.3 Å². The molecule has 0 atom stereocenters. The van der Waals surface area contributed by atoms with Crippen molar-refractivity contribution in [2.45, 2.75) is 20.3 Å². The molecule has 0 amide bonds. The summed E-state index contributed by atoms with van der Waals surface area (Å²) >= 11 is 0. The zero-order valence-corrected chi connectivity index (χ0v) is 16.2. The van der Waals surface area contributed by atoms with E-state index < -0.39 is 5.97 Å². The molecule has 6 heteroatoms. The highest BCUT2D eigenvalue weighted by Gasteiger charge is 2.19. The zero-order valence-electron chi connectivity index (χ0n) is 16.2. The average molecular weight is 365 g/mol. The van der Waals surface area contributed by atoms with E-state index in [9.17, 15) is 4.79 Å². The number of rotatable bonds is 5. The third-order valence-electron chi connectivity index (χ3n) is 4.80. The minimum Gasteiger partial charge on any atom is -0.496 e. The molecular weight excluding hydrogens is 342 g/mol. The first kappa shape index (κ1) is 18.6. The molecule has 6 nitrogen and oxygen atoms in total. The number of carbonyl (C=O) groups is 1. The first-order valence-electron chi connectivity index (χ1n) is 8.65. The Bertz CT molecular complexity index is 975. The number of ether oxygens (including phenoxy) is 2. The second kappa shape index (κ2) is 7.61. The summed E-state index contributed by atoms with van der Waals surface area (Å²) in [6.45, 7) is 4.00. The van der Waals surface area contributed by atoms with E-state index in [2.05, 4.69) is 22.4 Å². The summed E-state index contributed by atoms with van der Waals surface area (Å²) in [6.07, 6.45) is 2.59. The number of methoxy groups -OCH3 is 2. The highest BCUT2D eigenvalue weighted by atomic mass is 16.5. The van der Waals surface area contributed by atoms with Crippen LogP contribution in [0.25, 0.3) is 11.3 Å². The van der Waals surface area contributed by atoms with Crippen LogP contribution >= 0.6 is 0 Å². The topological polar surface area (TPSA) is 66.2 Å². The van der Waals surface area contributed by atoms with Crippen molar-refractivity contribution >= 4 is 5.97 Å². The fourth-order valence-electron chi connectivity index (χ4n) is 3.16. The summed E-state index contributed by atoms with van der Waals surface area (Å²) in [7, 11) is 4.79. The number of hydrogen-bond acceptors (Lipinski definition) is 5. The molecule has 0 aliphatic carbocycles. The molecule has 3 aromatic rings. The molecule has 0 N–H and O–H groups in total. The van der Waals surface area contributed by atoms with Gasteiger partial charge >= 0.3 is 5.97 Å². The van der Waals surface area contributed by atoms with Gasteiger partial charge in [0.05, 0.1) is 20.4 Å². The molecule has 0 aliphatic heterocycles. The minimum absolute atomic E-state index is 0.394. The number of aromatic nitrogens is 3. The standard InChI is InChI=1S/C21H23N3O3/c1-13-14(2)20(26-4)18(21(25)27-5)11-17(13)10-15-6-8-16(9-7-15)19-12-24(3)23-22-19/h6-9,11-12H,10H2,1-5H3. The van der Waals surface area contributed by atoms with Crippen LogP contribution in [-0.2, 0) is 18.2 Å². The normalized spacial score (nSPS) is 10.7. The SMILES string of the molecule is COC(=O)c1cc(Cc2ccc(-c3cn(C)nn3)cc2)c(C)c(C)c1OC. The Labute approximate surface area is 158 Å². The molecule has 0 spiro atoms. The van der Waals surface area contributed by atoms with Crippen LogP contribution < -0.4 is 4.74 Å². The third-order valence-corrected chi connectivity index (χ3v) is 4.80. The van der Waals surface area contributed by atoms with Crippen LogP contribution in [0.2, 0.25) is 0 Å². The highest BCUT2D eigenvalue weighted by molar-refractivity contribution is 5.93.